The summed E-state index contributed by atoms with van der Waals surface area (Å²) in [6, 6.07) is 3.07. The molecule has 1 aromatic carbocycles. The van der Waals surface area contributed by atoms with Crippen LogP contribution in [0.4, 0.5) is 4.39 Å². The first-order chi connectivity index (χ1) is 11.2. The van der Waals surface area contributed by atoms with Crippen molar-refractivity contribution in [1.29, 1.82) is 0 Å². The summed E-state index contributed by atoms with van der Waals surface area (Å²) in [5.41, 5.74) is 1.40. The highest BCUT2D eigenvalue weighted by molar-refractivity contribution is 7.38. The summed E-state index contributed by atoms with van der Waals surface area (Å²) >= 11 is 0. The molecule has 130 valence electrons. The van der Waals surface area contributed by atoms with E-state index in [9.17, 15) is 14.2 Å². The Hall–Kier alpha value is -0.965. The van der Waals surface area contributed by atoms with Gasteiger partial charge >= 0.3 is 7.12 Å². The van der Waals surface area contributed by atoms with Gasteiger partial charge in [-0.05, 0) is 35.2 Å². The number of carbonyl (C=O) groups is 1. The second-order valence-corrected chi connectivity index (χ2v) is 9.06. The van der Waals surface area contributed by atoms with E-state index in [-0.39, 0.29) is 23.5 Å². The Balaban J connectivity index is 1.86. The number of rotatable bonds is 2. The fourth-order valence-electron chi connectivity index (χ4n) is 3.74. The van der Waals surface area contributed by atoms with Gasteiger partial charge in [0.25, 0.3) is 5.91 Å². The van der Waals surface area contributed by atoms with Crippen LogP contribution in [0.3, 0.4) is 0 Å². The molecule has 0 aromatic heterocycles. The predicted molar refractivity (Wildman–Crippen MR) is 95.7 cm³/mol. The van der Waals surface area contributed by atoms with Crippen molar-refractivity contribution in [3.05, 3.63) is 29.1 Å². The van der Waals surface area contributed by atoms with Crippen LogP contribution in [-0.4, -0.2) is 48.4 Å². The Labute approximate surface area is 144 Å². The number of hydrogen-bond acceptors (Lipinski definition) is 3. The standard InChI is InChI=1S/C17H24BFNO3P/c1-17(2,3)12-7-20(8-14(12)24-4)16(21)10-5-6-13-11(15(10)19)9-23-18(13)22/h5-6,12,14,22,24H,7-9H2,1-4H3. The van der Waals surface area contributed by atoms with Crippen LogP contribution in [0.15, 0.2) is 12.1 Å². The van der Waals surface area contributed by atoms with Crippen LogP contribution < -0.4 is 5.46 Å². The molecule has 0 radical (unpaired) electrons. The van der Waals surface area contributed by atoms with E-state index < -0.39 is 12.9 Å². The lowest BCUT2D eigenvalue weighted by Crippen LogP contribution is -2.33. The van der Waals surface area contributed by atoms with Crippen molar-refractivity contribution < 1.29 is 18.9 Å². The molecule has 0 spiro atoms. The highest BCUT2D eigenvalue weighted by Crippen LogP contribution is 2.41. The van der Waals surface area contributed by atoms with Crippen LogP contribution in [-0.2, 0) is 11.3 Å². The molecule has 24 heavy (non-hydrogen) atoms. The van der Waals surface area contributed by atoms with E-state index in [1.54, 1.807) is 11.0 Å². The number of carbonyl (C=O) groups excluding carboxylic acids is 1. The van der Waals surface area contributed by atoms with Crippen molar-refractivity contribution in [2.75, 3.05) is 19.8 Å². The zero-order valence-corrected chi connectivity index (χ0v) is 15.6. The minimum atomic E-state index is -1.10. The molecule has 2 heterocycles. The smallest absolute Gasteiger partial charge is 0.423 e. The summed E-state index contributed by atoms with van der Waals surface area (Å²) in [6.07, 6.45) is 0. The third-order valence-corrected chi connectivity index (χ3v) is 6.58. The summed E-state index contributed by atoms with van der Waals surface area (Å²) in [5, 5.41) is 9.65. The van der Waals surface area contributed by atoms with E-state index in [0.29, 0.717) is 35.7 Å². The molecule has 1 fully saturated rings. The Morgan fingerprint density at radius 2 is 2.12 bits per heavy atom. The number of hydrogen-bond donors (Lipinski definition) is 1. The van der Waals surface area contributed by atoms with Gasteiger partial charge in [0.15, 0.2) is 0 Å². The maximum Gasteiger partial charge on any atom is 0.491 e. The molecule has 7 heteroatoms. The zero-order chi connectivity index (χ0) is 17.6. The fourth-order valence-corrected chi connectivity index (χ4v) is 5.15. The maximum atomic E-state index is 14.7. The Morgan fingerprint density at radius 1 is 1.42 bits per heavy atom. The minimum Gasteiger partial charge on any atom is -0.423 e. The fraction of sp³-hybridized carbons (Fsp3) is 0.588. The first kappa shape index (κ1) is 17.8. The van der Waals surface area contributed by atoms with Crippen LogP contribution in [0.2, 0.25) is 0 Å². The number of likely N-dealkylation sites (tertiary alicyclic amines) is 1. The van der Waals surface area contributed by atoms with Crippen molar-refractivity contribution >= 4 is 27.1 Å². The molecular weight excluding hydrogens is 327 g/mol. The van der Waals surface area contributed by atoms with E-state index in [1.165, 1.54) is 6.07 Å². The summed E-state index contributed by atoms with van der Waals surface area (Å²) in [4.78, 5) is 14.7. The van der Waals surface area contributed by atoms with Crippen LogP contribution in [0, 0.1) is 17.2 Å². The molecule has 3 rings (SSSR count). The molecule has 4 nitrogen and oxygen atoms in total. The summed E-state index contributed by atoms with van der Waals surface area (Å²) in [6.45, 7) is 10.1. The van der Waals surface area contributed by atoms with E-state index in [4.69, 9.17) is 4.65 Å². The third kappa shape index (κ3) is 3.00. The quantitative estimate of drug-likeness (QED) is 0.654. The monoisotopic (exact) mass is 351 g/mol. The first-order valence-electron chi connectivity index (χ1n) is 8.31. The Morgan fingerprint density at radius 3 is 2.71 bits per heavy atom. The number of benzene rings is 1. The molecule has 1 amide bonds. The van der Waals surface area contributed by atoms with Crippen molar-refractivity contribution in [3.8, 4) is 0 Å². The average Bonchev–Trinajstić information content (AvgIpc) is 3.11. The number of amides is 1. The van der Waals surface area contributed by atoms with Gasteiger partial charge in [-0.25, -0.2) is 4.39 Å². The van der Waals surface area contributed by atoms with Gasteiger partial charge in [0.1, 0.15) is 5.82 Å². The van der Waals surface area contributed by atoms with Gasteiger partial charge in [0.05, 0.1) is 12.2 Å². The average molecular weight is 351 g/mol. The molecule has 1 saturated heterocycles. The van der Waals surface area contributed by atoms with Gasteiger partial charge in [-0.2, -0.15) is 0 Å². The Kier molecular flexibility index (Phi) is 4.76. The van der Waals surface area contributed by atoms with Crippen molar-refractivity contribution in [2.45, 2.75) is 33.0 Å². The predicted octanol–water partition coefficient (Wildman–Crippen LogP) is 1.84. The lowest BCUT2D eigenvalue weighted by atomic mass is 9.79. The lowest BCUT2D eigenvalue weighted by Gasteiger charge is -2.30. The van der Waals surface area contributed by atoms with Crippen molar-refractivity contribution in [1.82, 2.24) is 4.90 Å². The molecule has 1 N–H and O–H groups in total. The largest absolute Gasteiger partial charge is 0.491 e. The highest BCUT2D eigenvalue weighted by Gasteiger charge is 2.41. The van der Waals surface area contributed by atoms with Gasteiger partial charge < -0.3 is 14.6 Å². The second kappa shape index (κ2) is 6.40. The molecule has 2 aliphatic rings. The summed E-state index contributed by atoms with van der Waals surface area (Å²) in [5.74, 6) is -0.386. The third-order valence-electron chi connectivity index (χ3n) is 5.25. The summed E-state index contributed by atoms with van der Waals surface area (Å²) in [7, 11) is -0.335. The normalized spacial score (nSPS) is 24.2. The first-order valence-corrected chi connectivity index (χ1v) is 9.89. The SMILES string of the molecule is CPC1CN(C(=O)c2ccc3c(c2F)COB3O)CC1C(C)(C)C. The lowest BCUT2D eigenvalue weighted by molar-refractivity contribution is 0.0771. The molecular formula is C17H24BFNO3P. The van der Waals surface area contributed by atoms with Crippen LogP contribution in [0.1, 0.15) is 36.7 Å². The van der Waals surface area contributed by atoms with Gasteiger partial charge in [0, 0.05) is 18.7 Å². The number of fused-ring (bicyclic) bond motifs is 1. The molecule has 2 aliphatic heterocycles. The minimum absolute atomic E-state index is 0.00698. The van der Waals surface area contributed by atoms with Crippen LogP contribution >= 0.6 is 8.58 Å². The van der Waals surface area contributed by atoms with E-state index >= 15 is 0 Å². The Bertz CT molecular complexity index is 664. The van der Waals surface area contributed by atoms with Crippen LogP contribution in [0.5, 0.6) is 0 Å². The maximum absolute atomic E-state index is 14.7. The van der Waals surface area contributed by atoms with Gasteiger partial charge in [-0.1, -0.05) is 26.8 Å². The van der Waals surface area contributed by atoms with E-state index in [1.807, 2.05) is 0 Å². The molecule has 3 atom stereocenters. The van der Waals surface area contributed by atoms with Crippen molar-refractivity contribution in [2.24, 2.45) is 11.3 Å². The molecule has 0 aliphatic carbocycles. The van der Waals surface area contributed by atoms with E-state index in [2.05, 4.69) is 27.4 Å². The van der Waals surface area contributed by atoms with Crippen LogP contribution in [0.25, 0.3) is 0 Å². The number of halogens is 1. The molecule has 0 bridgehead atoms. The second-order valence-electron chi connectivity index (χ2n) is 7.74. The van der Waals surface area contributed by atoms with Gasteiger partial charge in [0.2, 0.25) is 0 Å². The van der Waals surface area contributed by atoms with Gasteiger partial charge in [-0.3, -0.25) is 4.79 Å². The zero-order valence-electron chi connectivity index (χ0n) is 14.6. The highest BCUT2D eigenvalue weighted by atomic mass is 31.1. The molecule has 0 saturated carbocycles. The topological polar surface area (TPSA) is 49.8 Å². The molecule has 3 unspecified atom stereocenters. The molecule has 1 aromatic rings. The number of nitrogens with zero attached hydrogens (tertiary/aromatic N) is 1. The summed E-state index contributed by atoms with van der Waals surface area (Å²) < 4.78 is 19.8. The van der Waals surface area contributed by atoms with Gasteiger partial charge in [-0.15, -0.1) is 8.58 Å². The van der Waals surface area contributed by atoms with Crippen molar-refractivity contribution in [3.63, 3.8) is 0 Å². The van der Waals surface area contributed by atoms with E-state index in [0.717, 1.165) is 8.58 Å².